The predicted molar refractivity (Wildman–Crippen MR) is 367 cm³/mol. The van der Waals surface area contributed by atoms with Crippen molar-refractivity contribution in [1.82, 2.24) is 0 Å². The first-order valence-electron chi connectivity index (χ1n) is 30.8. The number of aryl methyl sites for hydroxylation is 2. The Balaban J connectivity index is -0.0000000892. The van der Waals surface area contributed by atoms with E-state index in [2.05, 4.69) is 150 Å². The van der Waals surface area contributed by atoms with Gasteiger partial charge in [-0.05, 0) is 91.9 Å². The van der Waals surface area contributed by atoms with Gasteiger partial charge >= 0.3 is 23.9 Å². The number of ketones is 1. The lowest BCUT2D eigenvalue weighted by Crippen LogP contribution is -2.21. The van der Waals surface area contributed by atoms with Crippen LogP contribution in [-0.2, 0) is 69.0 Å². The monoisotopic (exact) mass is 1190 g/mol. The van der Waals surface area contributed by atoms with Crippen LogP contribution in [0.2, 0.25) is 25.7 Å². The van der Waals surface area contributed by atoms with E-state index in [0.29, 0.717) is 32.3 Å². The zero-order valence-electron chi connectivity index (χ0n) is 59.0. The van der Waals surface area contributed by atoms with Gasteiger partial charge in [-0.3, -0.25) is 19.2 Å². The minimum Gasteiger partial charge on any atom is -0.466 e. The molecule has 0 heterocycles. The van der Waals surface area contributed by atoms with Gasteiger partial charge in [0.2, 0.25) is 0 Å². The Bertz CT molecular complexity index is 1740. The van der Waals surface area contributed by atoms with E-state index < -0.39 is 8.07 Å². The van der Waals surface area contributed by atoms with Crippen LogP contribution in [0.25, 0.3) is 0 Å². The van der Waals surface area contributed by atoms with Crippen molar-refractivity contribution in [2.24, 2.45) is 23.7 Å². The van der Waals surface area contributed by atoms with Crippen LogP contribution < -0.4 is 0 Å². The van der Waals surface area contributed by atoms with Gasteiger partial charge in [0.15, 0.2) is 0 Å². The summed E-state index contributed by atoms with van der Waals surface area (Å²) in [5.74, 6) is 2.28. The first-order valence-corrected chi connectivity index (χ1v) is 34.6. The summed E-state index contributed by atoms with van der Waals surface area (Å²) in [6, 6.07) is 29.5. The molecule has 0 saturated heterocycles. The number of hydrogen-bond acceptors (Lipinski definition) is 10. The molecule has 10 nitrogen and oxygen atoms in total. The lowest BCUT2D eigenvalue weighted by Gasteiger charge is -2.17. The number of carbonyl (C=O) groups excluding carboxylic acids is 5. The van der Waals surface area contributed by atoms with Crippen LogP contribution in [0.4, 0.5) is 0 Å². The number of carbonyl (C=O) groups is 5. The van der Waals surface area contributed by atoms with Crippen LogP contribution in [0.3, 0.4) is 0 Å². The maximum absolute atomic E-state index is 10.4. The topological polar surface area (TPSA) is 143 Å². The Kier molecular flexibility index (Phi) is 97.6. The van der Waals surface area contributed by atoms with Crippen LogP contribution in [0.1, 0.15) is 227 Å². The van der Waals surface area contributed by atoms with Gasteiger partial charge in [0.05, 0.1) is 19.8 Å². The molecule has 486 valence electrons. The Morgan fingerprint density at radius 1 is 0.494 bits per heavy atom. The van der Waals surface area contributed by atoms with Crippen molar-refractivity contribution in [1.29, 1.82) is 0 Å². The molecule has 0 aliphatic rings. The predicted octanol–water partition coefficient (Wildman–Crippen LogP) is 20.7. The van der Waals surface area contributed by atoms with E-state index in [-0.39, 0.29) is 36.3 Å². The fourth-order valence-corrected chi connectivity index (χ4v) is 7.36. The first-order chi connectivity index (χ1) is 38.9. The Morgan fingerprint density at radius 3 is 1.06 bits per heavy atom. The first kappa shape index (κ1) is 99.9. The van der Waals surface area contributed by atoms with Gasteiger partial charge in [-0.25, -0.2) is 0 Å². The molecule has 0 spiro atoms. The molecule has 0 radical (unpaired) electrons. The average molecular weight is 1190 g/mol. The number of allylic oxidation sites excluding steroid dienone is 1. The smallest absolute Gasteiger partial charge is 0.302 e. The summed E-state index contributed by atoms with van der Waals surface area (Å²) in [5.41, 5.74) is 4.73. The number of aliphatic hydroxyl groups excluding tert-OH is 1. The second-order valence-electron chi connectivity index (χ2n) is 21.2. The molecule has 0 fully saturated rings. The maximum atomic E-state index is 10.4. The van der Waals surface area contributed by atoms with Crippen LogP contribution in [-0.4, -0.2) is 62.7 Å². The van der Waals surface area contributed by atoms with Crippen molar-refractivity contribution < 1.29 is 48.0 Å². The lowest BCUT2D eigenvalue weighted by molar-refractivity contribution is -0.143. The molecule has 0 saturated carbocycles. The minimum absolute atomic E-state index is 0.143. The number of aliphatic hydroxyl groups is 1. The molecule has 0 unspecified atom stereocenters. The maximum Gasteiger partial charge on any atom is 0.302 e. The van der Waals surface area contributed by atoms with E-state index in [1.54, 1.807) is 0 Å². The Labute approximate surface area is 515 Å². The number of ether oxygens (including phenoxy) is 4. The summed E-state index contributed by atoms with van der Waals surface area (Å²) in [4.78, 5) is 50.2. The number of Topliss-reactive ketones (excluding diaryl/α,β-unsaturated/α-hetero) is 1. The Morgan fingerprint density at radius 2 is 0.843 bits per heavy atom. The van der Waals surface area contributed by atoms with Crippen molar-refractivity contribution in [2.45, 2.75) is 256 Å². The molecule has 0 bridgehead atoms. The van der Waals surface area contributed by atoms with Gasteiger partial charge in [0.1, 0.15) is 19.0 Å². The zero-order valence-corrected chi connectivity index (χ0v) is 60.0. The van der Waals surface area contributed by atoms with Crippen molar-refractivity contribution >= 4 is 37.7 Å². The third-order valence-corrected chi connectivity index (χ3v) is 10.8. The van der Waals surface area contributed by atoms with Crippen LogP contribution >= 0.6 is 0 Å². The SMILES string of the molecule is C=CCC.C=CCOC(C)=O.CC.CC.CC(=O)OCC(C)C.CC(=O)OCCCCC(C)C.CC(=O)OCc1ccccc1.CC(C)=O.CC(C)C[Si](C)(C)C.CCC.CCC(C)C.CCc1ccc(CO)cc1.CCc1ccccc1. The summed E-state index contributed by atoms with van der Waals surface area (Å²) in [5, 5.41) is 8.70. The molecule has 83 heavy (non-hydrogen) atoms. The molecule has 3 aromatic rings. The largest absolute Gasteiger partial charge is 0.466 e. The molecule has 3 aromatic carbocycles. The second kappa shape index (κ2) is 81.1. The number of benzene rings is 3. The van der Waals surface area contributed by atoms with Gasteiger partial charge in [-0.15, -0.1) is 6.58 Å². The second-order valence-corrected chi connectivity index (χ2v) is 26.8. The van der Waals surface area contributed by atoms with Gasteiger partial charge in [-0.1, -0.05) is 273 Å². The zero-order chi connectivity index (χ0) is 67.0. The van der Waals surface area contributed by atoms with Crippen molar-refractivity contribution in [3.05, 3.63) is 132 Å². The minimum atomic E-state index is -0.720. The summed E-state index contributed by atoms with van der Waals surface area (Å²) in [7, 11) is -0.720. The van der Waals surface area contributed by atoms with Gasteiger partial charge in [0, 0.05) is 35.8 Å². The van der Waals surface area contributed by atoms with Crippen LogP contribution in [0, 0.1) is 23.7 Å². The molecule has 1 N–H and O–H groups in total. The fraction of sp³-hybridized carbons (Fsp3) is 0.625. The highest BCUT2D eigenvalue weighted by Gasteiger charge is 2.13. The van der Waals surface area contributed by atoms with Gasteiger partial charge in [0.25, 0.3) is 0 Å². The molecule has 0 aliphatic heterocycles. The van der Waals surface area contributed by atoms with E-state index in [1.165, 1.54) is 84.1 Å². The van der Waals surface area contributed by atoms with Crippen LogP contribution in [0.15, 0.2) is 110 Å². The normalized spacial score (nSPS) is 8.96. The van der Waals surface area contributed by atoms with E-state index >= 15 is 0 Å². The van der Waals surface area contributed by atoms with Crippen molar-refractivity contribution in [3.63, 3.8) is 0 Å². The van der Waals surface area contributed by atoms with Gasteiger partial charge < -0.3 is 28.8 Å². The molecule has 0 aliphatic carbocycles. The standard InChI is InChI=1S/C9H10O2.C9H18O2.C9H12O.C8H10.C7H18Si.C6H12O2.C5H8O2.C5H12.C4H8.C3H6O.C3H8.2C2H6/c1-8(10)11-7-9-5-3-2-4-6-9;1-8(2)6-4-5-7-11-9(3)10;1-2-8-3-5-9(7-10)6-4-8;1-2-8-6-4-3-5-7-8;1-7(2)6-8(3,4)5;1-5(2)4-8-6(3)7;1-3-4-7-5(2)6;1-4-5(2)3;1-3-4-2;1-3(2)4;1-3-2;2*1-2/h2-6H,7H2,1H3;8H,4-7H2,1-3H3;3-6,10H,2,7H2,1H3;3-7H,2H2,1H3;7H,6H2,1-5H3;5H,4H2,1-3H3;3H,1,4H2,2H3;5H,4H2,1-3H3;3H,1,4H2,2H3;1-2H3;3H2,1-2H3;2*1-2H3. The summed E-state index contributed by atoms with van der Waals surface area (Å²) in [6.07, 6.45) is 12.6. The average Bonchev–Trinajstić information content (AvgIpc) is 3.43. The third-order valence-electron chi connectivity index (χ3n) is 8.78. The lowest BCUT2D eigenvalue weighted by atomic mass is 10.1. The number of rotatable bonds is 18. The Hall–Kier alpha value is -5.13. The summed E-state index contributed by atoms with van der Waals surface area (Å²) in [6.45, 7) is 63.0. The van der Waals surface area contributed by atoms with Gasteiger partial charge in [-0.2, -0.15) is 0 Å². The molecular weight excluding hydrogens is 1050 g/mol. The molecule has 0 aromatic heterocycles. The van der Waals surface area contributed by atoms with Crippen LogP contribution in [0.5, 0.6) is 0 Å². The van der Waals surface area contributed by atoms with E-state index in [0.717, 1.165) is 61.0 Å². The fourth-order valence-electron chi connectivity index (χ4n) is 4.91. The van der Waals surface area contributed by atoms with E-state index in [9.17, 15) is 24.0 Å². The molecule has 11 heteroatoms. The van der Waals surface area contributed by atoms with Crippen molar-refractivity contribution in [3.8, 4) is 0 Å². The van der Waals surface area contributed by atoms with E-state index in [1.807, 2.05) is 108 Å². The highest BCUT2D eigenvalue weighted by atomic mass is 28.3. The van der Waals surface area contributed by atoms with Crippen molar-refractivity contribution in [2.75, 3.05) is 19.8 Å². The highest BCUT2D eigenvalue weighted by Crippen LogP contribution is 2.15. The van der Waals surface area contributed by atoms with E-state index in [4.69, 9.17) is 14.6 Å². The highest BCUT2D eigenvalue weighted by molar-refractivity contribution is 6.76. The third kappa shape index (κ3) is 133. The quantitative estimate of drug-likeness (QED) is 0.0430. The molecular formula is C72H134O10Si. The number of esters is 4. The summed E-state index contributed by atoms with van der Waals surface area (Å²) < 4.78 is 18.7. The number of hydrogen-bond donors (Lipinski definition) is 1. The molecule has 3 rings (SSSR count). The molecule has 0 amide bonds. The number of unbranched alkanes of at least 4 members (excludes halogenated alkanes) is 1. The summed E-state index contributed by atoms with van der Waals surface area (Å²) >= 11 is 0. The molecule has 0 atom stereocenters.